The Morgan fingerprint density at radius 1 is 0.714 bits per heavy atom. The number of hydrogen-bond donors (Lipinski definition) is 3. The van der Waals surface area contributed by atoms with Gasteiger partial charge in [0.15, 0.2) is 0 Å². The second kappa shape index (κ2) is 13.5. The van der Waals surface area contributed by atoms with Crippen molar-refractivity contribution in [3.63, 3.8) is 0 Å². The van der Waals surface area contributed by atoms with E-state index in [1.165, 1.54) is 18.6 Å². The van der Waals surface area contributed by atoms with Gasteiger partial charge in [0.1, 0.15) is 0 Å². The van der Waals surface area contributed by atoms with Crippen LogP contribution >= 0.6 is 0 Å². The fourth-order valence-electron chi connectivity index (χ4n) is 1.63. The molecule has 0 fully saturated rings. The molecule has 0 heterocycles. The molecule has 0 atom stereocenters. The van der Waals surface area contributed by atoms with Gasteiger partial charge in [-0.05, 0) is 43.2 Å². The van der Waals surface area contributed by atoms with Gasteiger partial charge in [0.25, 0.3) is 0 Å². The molecule has 0 rings (SSSR count). The first-order chi connectivity index (χ1) is 10.2. The molecule has 0 bridgehead atoms. The van der Waals surface area contributed by atoms with Crippen molar-refractivity contribution in [1.29, 1.82) is 0 Å². The van der Waals surface area contributed by atoms with Crippen LogP contribution in [0.25, 0.3) is 0 Å². The molecule has 122 valence electrons. The van der Waals surface area contributed by atoms with Gasteiger partial charge in [-0.15, -0.1) is 0 Å². The minimum atomic E-state index is -0.201. The Morgan fingerprint density at radius 2 is 1.05 bits per heavy atom. The Morgan fingerprint density at radius 3 is 1.29 bits per heavy atom. The van der Waals surface area contributed by atoms with Crippen LogP contribution in [0.4, 0.5) is 0 Å². The Bertz CT molecular complexity index is 272. The molecule has 0 saturated carbocycles. The Hall–Kier alpha value is -1.50. The molecule has 0 aromatic heterocycles. The first-order valence-electron chi connectivity index (χ1n) is 7.08. The lowest BCUT2D eigenvalue weighted by Gasteiger charge is -2.31. The fraction of sp³-hybridized carbons (Fsp3) is 0.600. The van der Waals surface area contributed by atoms with E-state index in [1.54, 1.807) is 18.2 Å². The van der Waals surface area contributed by atoms with E-state index in [1.807, 2.05) is 0 Å². The molecule has 0 amide bonds. The van der Waals surface area contributed by atoms with Gasteiger partial charge in [-0.3, -0.25) is 0 Å². The molecule has 0 unspecified atom stereocenters. The highest BCUT2D eigenvalue weighted by Gasteiger charge is 2.29. The van der Waals surface area contributed by atoms with Crippen LogP contribution in [0.5, 0.6) is 0 Å². The van der Waals surface area contributed by atoms with E-state index in [0.717, 1.165) is 6.42 Å². The molecule has 0 aliphatic rings. The second-order valence-electron chi connectivity index (χ2n) is 4.68. The summed E-state index contributed by atoms with van der Waals surface area (Å²) in [7, 11) is 0. The predicted octanol–water partition coefficient (Wildman–Crippen LogP) is 0.850. The van der Waals surface area contributed by atoms with Crippen molar-refractivity contribution in [3.8, 4) is 0 Å². The Balaban J connectivity index is 4.41. The molecular weight excluding hydrogens is 270 g/mol. The lowest BCUT2D eigenvalue weighted by molar-refractivity contribution is -0.0588. The molecular formula is C15H29N3O3. The molecule has 0 spiro atoms. The van der Waals surface area contributed by atoms with Crippen LogP contribution in [-0.4, -0.2) is 39.6 Å². The van der Waals surface area contributed by atoms with Crippen LogP contribution in [0.1, 0.15) is 13.3 Å². The number of nitrogens with two attached hydrogens (primary N) is 3. The third-order valence-corrected chi connectivity index (χ3v) is 3.03. The summed E-state index contributed by atoms with van der Waals surface area (Å²) < 4.78 is 16.9. The van der Waals surface area contributed by atoms with E-state index < -0.39 is 0 Å². The zero-order valence-corrected chi connectivity index (χ0v) is 12.9. The molecule has 21 heavy (non-hydrogen) atoms. The first-order valence-corrected chi connectivity index (χ1v) is 7.08. The molecule has 6 N–H and O–H groups in total. The van der Waals surface area contributed by atoms with Crippen LogP contribution in [0, 0.1) is 5.41 Å². The summed E-state index contributed by atoms with van der Waals surface area (Å²) in [6.45, 7) is 5.12. The highest BCUT2D eigenvalue weighted by molar-refractivity contribution is 4.82. The maximum Gasteiger partial charge on any atom is 0.0664 e. The normalized spacial score (nSPS) is 13.0. The molecule has 6 nitrogen and oxygen atoms in total. The molecule has 0 radical (unpaired) electrons. The third kappa shape index (κ3) is 9.95. The van der Waals surface area contributed by atoms with Gasteiger partial charge in [-0.1, -0.05) is 6.92 Å². The maximum absolute atomic E-state index is 5.63. The maximum atomic E-state index is 5.63. The summed E-state index contributed by atoms with van der Waals surface area (Å²) in [5.41, 5.74) is 15.7. The van der Waals surface area contributed by atoms with Crippen molar-refractivity contribution >= 4 is 0 Å². The van der Waals surface area contributed by atoms with E-state index in [0.29, 0.717) is 39.6 Å². The van der Waals surface area contributed by atoms with Crippen molar-refractivity contribution in [3.05, 3.63) is 36.8 Å². The van der Waals surface area contributed by atoms with Gasteiger partial charge in [-0.2, -0.15) is 0 Å². The molecule has 0 aliphatic carbocycles. The smallest absolute Gasteiger partial charge is 0.0664 e. The van der Waals surface area contributed by atoms with Crippen molar-refractivity contribution in [2.45, 2.75) is 13.3 Å². The minimum absolute atomic E-state index is 0.201. The summed E-state index contributed by atoms with van der Waals surface area (Å²) in [6, 6.07) is 0. The first kappa shape index (κ1) is 19.5. The largest absolute Gasteiger partial charge is 0.405 e. The topological polar surface area (TPSA) is 106 Å². The van der Waals surface area contributed by atoms with Crippen molar-refractivity contribution in [2.24, 2.45) is 22.6 Å². The van der Waals surface area contributed by atoms with E-state index in [2.05, 4.69) is 6.92 Å². The van der Waals surface area contributed by atoms with Crippen LogP contribution in [0.2, 0.25) is 0 Å². The van der Waals surface area contributed by atoms with Crippen LogP contribution in [0.15, 0.2) is 36.8 Å². The zero-order chi connectivity index (χ0) is 15.8. The lowest BCUT2D eigenvalue weighted by atomic mass is 9.88. The molecule has 6 heteroatoms. The minimum Gasteiger partial charge on any atom is -0.405 e. The Labute approximate surface area is 127 Å². The number of rotatable bonds is 13. The van der Waals surface area contributed by atoms with Gasteiger partial charge < -0.3 is 31.4 Å². The highest BCUT2D eigenvalue weighted by atomic mass is 16.5. The second-order valence-corrected chi connectivity index (χ2v) is 4.68. The van der Waals surface area contributed by atoms with Gasteiger partial charge in [0.05, 0.1) is 39.6 Å². The molecule has 0 aromatic rings. The lowest BCUT2D eigenvalue weighted by Crippen LogP contribution is -2.37. The quantitative estimate of drug-likeness (QED) is 0.435. The monoisotopic (exact) mass is 299 g/mol. The van der Waals surface area contributed by atoms with E-state index in [4.69, 9.17) is 31.4 Å². The predicted molar refractivity (Wildman–Crippen MR) is 85.2 cm³/mol. The zero-order valence-electron chi connectivity index (χ0n) is 12.9. The van der Waals surface area contributed by atoms with Crippen molar-refractivity contribution in [1.82, 2.24) is 0 Å². The average molecular weight is 299 g/mol. The summed E-state index contributed by atoms with van der Waals surface area (Å²) >= 11 is 0. The van der Waals surface area contributed by atoms with Gasteiger partial charge >= 0.3 is 0 Å². The van der Waals surface area contributed by atoms with E-state index >= 15 is 0 Å². The van der Waals surface area contributed by atoms with Crippen LogP contribution < -0.4 is 17.2 Å². The summed E-state index contributed by atoms with van der Waals surface area (Å²) in [6.07, 6.45) is 10.6. The highest BCUT2D eigenvalue weighted by Crippen LogP contribution is 2.24. The summed E-state index contributed by atoms with van der Waals surface area (Å²) in [5, 5.41) is 0. The third-order valence-electron chi connectivity index (χ3n) is 3.03. The number of ether oxygens (including phenoxy) is 3. The average Bonchev–Trinajstić information content (AvgIpc) is 2.51. The molecule has 0 aromatic carbocycles. The summed E-state index contributed by atoms with van der Waals surface area (Å²) in [5.74, 6) is 0. The summed E-state index contributed by atoms with van der Waals surface area (Å²) in [4.78, 5) is 0. The standard InChI is InChI=1S/C15H29N3O3/c1-2-15(12-19-9-3-6-16,13-20-10-4-7-17)14-21-11-5-8-18/h3-8H,2,9-14,16-18H2,1H3/b6-3-,7-4-,8-5+. The van der Waals surface area contributed by atoms with Gasteiger partial charge in [0, 0.05) is 5.41 Å². The van der Waals surface area contributed by atoms with Gasteiger partial charge in [0.2, 0.25) is 0 Å². The number of hydrogen-bond acceptors (Lipinski definition) is 6. The molecule has 0 aliphatic heterocycles. The Kier molecular flexibility index (Phi) is 12.5. The van der Waals surface area contributed by atoms with Crippen molar-refractivity contribution in [2.75, 3.05) is 39.6 Å². The SMILES string of the molecule is CCC(COC/C=C\N)(COC/C=C\N)COC/C=C/N. The van der Waals surface area contributed by atoms with Crippen LogP contribution in [0.3, 0.4) is 0 Å². The fourth-order valence-corrected chi connectivity index (χ4v) is 1.63. The molecule has 0 saturated heterocycles. The van der Waals surface area contributed by atoms with Crippen molar-refractivity contribution < 1.29 is 14.2 Å². The van der Waals surface area contributed by atoms with Gasteiger partial charge in [-0.25, -0.2) is 0 Å². The van der Waals surface area contributed by atoms with E-state index in [9.17, 15) is 0 Å². The van der Waals surface area contributed by atoms with E-state index in [-0.39, 0.29) is 5.41 Å². The van der Waals surface area contributed by atoms with Crippen LogP contribution in [-0.2, 0) is 14.2 Å².